The molecular weight excluding hydrogens is 466 g/mol. The Kier molecular flexibility index (Phi) is 7.55. The van der Waals surface area contributed by atoms with Crippen LogP contribution in [-0.4, -0.2) is 30.6 Å². The first-order valence-corrected chi connectivity index (χ1v) is 12.0. The van der Waals surface area contributed by atoms with Crippen molar-refractivity contribution in [2.75, 3.05) is 25.2 Å². The van der Waals surface area contributed by atoms with Crippen LogP contribution in [0.2, 0.25) is 0 Å². The van der Waals surface area contributed by atoms with Crippen LogP contribution in [0.15, 0.2) is 71.6 Å². The van der Waals surface area contributed by atoms with Crippen LogP contribution < -0.4 is 19.1 Å². The second kappa shape index (κ2) is 10.8. The average molecular weight is 492 g/mol. The van der Waals surface area contributed by atoms with Crippen molar-refractivity contribution in [1.82, 2.24) is 0 Å². The van der Waals surface area contributed by atoms with Crippen molar-refractivity contribution < 1.29 is 19.0 Å². The number of nitrogens with zero attached hydrogens (tertiary/aromatic N) is 1. The lowest BCUT2D eigenvalue weighted by Crippen LogP contribution is -2.29. The molecule has 1 aliphatic rings. The molecule has 3 aromatic carbocycles. The van der Waals surface area contributed by atoms with Crippen molar-refractivity contribution in [3.05, 3.63) is 88.3 Å². The summed E-state index contributed by atoms with van der Waals surface area (Å²) in [6.45, 7) is 4.80. The molecule has 0 N–H and O–H groups in total. The number of carbonyl (C=O) groups is 1. The van der Waals surface area contributed by atoms with Gasteiger partial charge in [0.05, 0.1) is 17.7 Å². The number of ether oxygens (including phenoxy) is 3. The molecule has 1 fully saturated rings. The van der Waals surface area contributed by atoms with Crippen LogP contribution in [-0.2, 0) is 4.79 Å². The monoisotopic (exact) mass is 491 g/mol. The molecule has 1 heterocycles. The minimum Gasteiger partial charge on any atom is -0.497 e. The summed E-state index contributed by atoms with van der Waals surface area (Å²) in [7, 11) is 1.62. The topological polar surface area (TPSA) is 48.0 Å². The Morgan fingerprint density at radius 3 is 2.18 bits per heavy atom. The van der Waals surface area contributed by atoms with Gasteiger partial charge in [-0.1, -0.05) is 60.4 Å². The average Bonchev–Trinajstić information content (AvgIpc) is 3.10. The molecule has 34 heavy (non-hydrogen) atoms. The minimum atomic E-state index is -0.0950. The lowest BCUT2D eigenvalue weighted by Gasteiger charge is -2.19. The summed E-state index contributed by atoms with van der Waals surface area (Å²) in [4.78, 5) is 15.4. The molecule has 5 nitrogen and oxygen atoms in total. The quantitative estimate of drug-likeness (QED) is 0.213. The summed E-state index contributed by atoms with van der Waals surface area (Å²) >= 11 is 6.85. The SMILES string of the molecule is COc1cccc(OCCOc2ccc(/C=C3\SC(=S)N(c4c(C)cccc4C)C3=O)cc2)c1. The van der Waals surface area contributed by atoms with Gasteiger partial charge in [0, 0.05) is 6.07 Å². The van der Waals surface area contributed by atoms with Crippen LogP contribution in [0.5, 0.6) is 17.2 Å². The highest BCUT2D eigenvalue weighted by Gasteiger charge is 2.34. The van der Waals surface area contributed by atoms with Crippen LogP contribution >= 0.6 is 24.0 Å². The molecule has 0 aromatic heterocycles. The second-order valence-electron chi connectivity index (χ2n) is 7.70. The van der Waals surface area contributed by atoms with Gasteiger partial charge in [0.2, 0.25) is 0 Å². The molecule has 0 unspecified atom stereocenters. The predicted octanol–water partition coefficient (Wildman–Crippen LogP) is 6.18. The van der Waals surface area contributed by atoms with E-state index in [9.17, 15) is 4.79 Å². The Hall–Kier alpha value is -3.29. The number of thioether (sulfide) groups is 1. The zero-order valence-corrected chi connectivity index (χ0v) is 20.9. The van der Waals surface area contributed by atoms with Crippen LogP contribution in [0, 0.1) is 13.8 Å². The van der Waals surface area contributed by atoms with Gasteiger partial charge in [-0.2, -0.15) is 0 Å². The van der Waals surface area contributed by atoms with Crippen molar-refractivity contribution in [2.45, 2.75) is 13.8 Å². The maximum absolute atomic E-state index is 13.1. The number of carbonyl (C=O) groups excluding carboxylic acids is 1. The largest absolute Gasteiger partial charge is 0.497 e. The molecule has 0 aliphatic carbocycles. The van der Waals surface area contributed by atoms with Gasteiger partial charge < -0.3 is 14.2 Å². The van der Waals surface area contributed by atoms with Gasteiger partial charge >= 0.3 is 0 Å². The summed E-state index contributed by atoms with van der Waals surface area (Å²) in [6, 6.07) is 21.0. The molecule has 7 heteroatoms. The fraction of sp³-hybridized carbons (Fsp3) is 0.185. The molecule has 3 aromatic rings. The summed E-state index contributed by atoms with van der Waals surface area (Å²) in [6.07, 6.45) is 1.86. The molecule has 1 saturated heterocycles. The Balaban J connectivity index is 1.36. The number of para-hydroxylation sites is 1. The number of hydrogen-bond donors (Lipinski definition) is 0. The minimum absolute atomic E-state index is 0.0950. The van der Waals surface area contributed by atoms with Gasteiger partial charge in [-0.3, -0.25) is 9.69 Å². The lowest BCUT2D eigenvalue weighted by atomic mass is 10.1. The molecular formula is C27H25NO4S2. The molecule has 4 rings (SSSR count). The van der Waals surface area contributed by atoms with Gasteiger partial charge in [0.15, 0.2) is 4.32 Å². The van der Waals surface area contributed by atoms with E-state index in [0.29, 0.717) is 22.4 Å². The molecule has 0 radical (unpaired) electrons. The van der Waals surface area contributed by atoms with E-state index < -0.39 is 0 Å². The van der Waals surface area contributed by atoms with Gasteiger partial charge in [-0.25, -0.2) is 0 Å². The first-order chi connectivity index (χ1) is 16.5. The van der Waals surface area contributed by atoms with E-state index in [4.69, 9.17) is 26.4 Å². The van der Waals surface area contributed by atoms with Crippen molar-refractivity contribution in [3.63, 3.8) is 0 Å². The summed E-state index contributed by atoms with van der Waals surface area (Å²) in [5.74, 6) is 2.12. The van der Waals surface area contributed by atoms with Crippen LogP contribution in [0.4, 0.5) is 5.69 Å². The smallest absolute Gasteiger partial charge is 0.270 e. The van der Waals surface area contributed by atoms with Crippen molar-refractivity contribution in [3.8, 4) is 17.2 Å². The highest BCUT2D eigenvalue weighted by atomic mass is 32.2. The Morgan fingerprint density at radius 1 is 0.882 bits per heavy atom. The third-order valence-electron chi connectivity index (χ3n) is 5.30. The number of methoxy groups -OCH3 is 1. The normalized spacial score (nSPS) is 14.6. The zero-order chi connectivity index (χ0) is 24.1. The van der Waals surface area contributed by atoms with Gasteiger partial charge in [0.25, 0.3) is 5.91 Å². The standard InChI is InChI=1S/C27H25NO4S2/c1-18-6-4-7-19(2)25(18)28-26(29)24(34-27(28)33)16-20-10-12-21(13-11-20)31-14-15-32-23-9-5-8-22(17-23)30-3/h4-13,16-17H,14-15H2,1-3H3/b24-16-. The third-order valence-corrected chi connectivity index (χ3v) is 6.60. The van der Waals surface area contributed by atoms with E-state index >= 15 is 0 Å². The van der Waals surface area contributed by atoms with Gasteiger partial charge in [0.1, 0.15) is 30.5 Å². The molecule has 0 saturated carbocycles. The molecule has 0 bridgehead atoms. The molecule has 0 spiro atoms. The van der Waals surface area contributed by atoms with Crippen LogP contribution in [0.1, 0.15) is 16.7 Å². The maximum Gasteiger partial charge on any atom is 0.270 e. The zero-order valence-electron chi connectivity index (χ0n) is 19.2. The first kappa shape index (κ1) is 23.9. The van der Waals surface area contributed by atoms with E-state index in [0.717, 1.165) is 39.6 Å². The third kappa shape index (κ3) is 5.43. The molecule has 1 amide bonds. The number of aryl methyl sites for hydroxylation is 2. The van der Waals surface area contributed by atoms with Crippen molar-refractivity contribution in [2.24, 2.45) is 0 Å². The molecule has 174 valence electrons. The van der Waals surface area contributed by atoms with Crippen molar-refractivity contribution >= 4 is 46.0 Å². The van der Waals surface area contributed by atoms with E-state index in [-0.39, 0.29) is 5.91 Å². The number of thiocarbonyl (C=S) groups is 1. The Morgan fingerprint density at radius 2 is 1.50 bits per heavy atom. The van der Waals surface area contributed by atoms with Gasteiger partial charge in [-0.15, -0.1) is 0 Å². The number of amides is 1. The van der Waals surface area contributed by atoms with E-state index in [1.165, 1.54) is 11.8 Å². The summed E-state index contributed by atoms with van der Waals surface area (Å²) < 4.78 is 17.2. The van der Waals surface area contributed by atoms with Crippen LogP contribution in [0.25, 0.3) is 6.08 Å². The molecule has 0 atom stereocenters. The predicted molar refractivity (Wildman–Crippen MR) is 142 cm³/mol. The lowest BCUT2D eigenvalue weighted by molar-refractivity contribution is -0.113. The highest BCUT2D eigenvalue weighted by molar-refractivity contribution is 8.27. The van der Waals surface area contributed by atoms with Gasteiger partial charge in [-0.05, 0) is 60.9 Å². The second-order valence-corrected chi connectivity index (χ2v) is 9.38. The van der Waals surface area contributed by atoms with E-state index in [1.807, 2.05) is 86.7 Å². The van der Waals surface area contributed by atoms with E-state index in [2.05, 4.69) is 0 Å². The number of hydrogen-bond acceptors (Lipinski definition) is 6. The Labute approximate surface area is 209 Å². The van der Waals surface area contributed by atoms with Crippen molar-refractivity contribution in [1.29, 1.82) is 0 Å². The fourth-order valence-corrected chi connectivity index (χ4v) is 4.91. The fourth-order valence-electron chi connectivity index (χ4n) is 3.64. The number of benzene rings is 3. The summed E-state index contributed by atoms with van der Waals surface area (Å²) in [5.41, 5.74) is 3.82. The number of anilines is 1. The van der Waals surface area contributed by atoms with Crippen LogP contribution in [0.3, 0.4) is 0 Å². The number of rotatable bonds is 8. The Bertz CT molecular complexity index is 1220. The highest BCUT2D eigenvalue weighted by Crippen LogP contribution is 2.38. The molecule has 1 aliphatic heterocycles. The maximum atomic E-state index is 13.1. The van der Waals surface area contributed by atoms with E-state index in [1.54, 1.807) is 12.0 Å². The summed E-state index contributed by atoms with van der Waals surface area (Å²) in [5, 5.41) is 0. The first-order valence-electron chi connectivity index (χ1n) is 10.8.